The van der Waals surface area contributed by atoms with E-state index < -0.39 is 17.9 Å². The second-order valence-corrected chi connectivity index (χ2v) is 4.77. The van der Waals surface area contributed by atoms with Gasteiger partial charge in [0.15, 0.2) is 0 Å². The Kier molecular flexibility index (Phi) is 6.39. The number of carbonyl (C=O) groups is 3. The van der Waals surface area contributed by atoms with Gasteiger partial charge in [-0.1, -0.05) is 18.2 Å². The van der Waals surface area contributed by atoms with Gasteiger partial charge in [0.2, 0.25) is 0 Å². The van der Waals surface area contributed by atoms with Crippen molar-refractivity contribution in [3.8, 4) is 0 Å². The summed E-state index contributed by atoms with van der Waals surface area (Å²) in [5.41, 5.74) is 2.13. The zero-order valence-corrected chi connectivity index (χ0v) is 11.4. The fourth-order valence-corrected chi connectivity index (χ4v) is 2.01. The molecule has 21 heavy (non-hydrogen) atoms. The maximum atomic E-state index is 10.5. The highest BCUT2D eigenvalue weighted by Gasteiger charge is 2.03. The Morgan fingerprint density at radius 3 is 1.05 bits per heavy atom. The summed E-state index contributed by atoms with van der Waals surface area (Å²) in [6.45, 7) is 0. The Morgan fingerprint density at radius 2 is 0.857 bits per heavy atom. The van der Waals surface area contributed by atoms with Crippen LogP contribution in [0.15, 0.2) is 18.2 Å². The summed E-state index contributed by atoms with van der Waals surface area (Å²) < 4.78 is 0. The van der Waals surface area contributed by atoms with E-state index in [1.54, 1.807) is 18.2 Å². The van der Waals surface area contributed by atoms with E-state index in [-0.39, 0.29) is 38.5 Å². The molecule has 0 bridgehead atoms. The molecule has 6 nitrogen and oxygen atoms in total. The van der Waals surface area contributed by atoms with E-state index in [9.17, 15) is 29.7 Å². The van der Waals surface area contributed by atoms with Crippen LogP contribution >= 0.6 is 0 Å². The smallest absolute Gasteiger partial charge is 0.0417 e. The number of hydrogen-bond donors (Lipinski definition) is 0. The lowest BCUT2D eigenvalue weighted by Gasteiger charge is -2.11. The first kappa shape index (κ1) is 16.7. The molecule has 0 saturated carbocycles. The summed E-state index contributed by atoms with van der Waals surface area (Å²) in [7, 11) is 0. The monoisotopic (exact) mass is 291 g/mol. The van der Waals surface area contributed by atoms with Crippen LogP contribution in [0, 0.1) is 0 Å². The lowest BCUT2D eigenvalue weighted by molar-refractivity contribution is -0.307. The SMILES string of the molecule is O=C([O-])CCc1cc(CCC(=O)[O-])cc(CCC(=O)[O-])c1. The van der Waals surface area contributed by atoms with Gasteiger partial charge in [-0.15, -0.1) is 0 Å². The van der Waals surface area contributed by atoms with Gasteiger partial charge in [-0.25, -0.2) is 0 Å². The third-order valence-electron chi connectivity index (χ3n) is 2.97. The lowest BCUT2D eigenvalue weighted by atomic mass is 9.97. The number of carboxylic acid groups (broad SMARTS) is 3. The average Bonchev–Trinajstić information content (AvgIpc) is 2.40. The van der Waals surface area contributed by atoms with Crippen molar-refractivity contribution in [2.45, 2.75) is 38.5 Å². The van der Waals surface area contributed by atoms with Crippen LogP contribution in [0.4, 0.5) is 0 Å². The normalized spacial score (nSPS) is 10.3. The van der Waals surface area contributed by atoms with Crippen LogP contribution in [0.25, 0.3) is 0 Å². The number of aryl methyl sites for hydroxylation is 3. The summed E-state index contributed by atoms with van der Waals surface area (Å²) >= 11 is 0. The molecular formula is C15H15O6-3. The van der Waals surface area contributed by atoms with Gasteiger partial charge in [0.1, 0.15) is 0 Å². The van der Waals surface area contributed by atoms with E-state index >= 15 is 0 Å². The van der Waals surface area contributed by atoms with Gasteiger partial charge in [0.25, 0.3) is 0 Å². The number of hydrogen-bond acceptors (Lipinski definition) is 6. The molecule has 0 aliphatic heterocycles. The maximum Gasteiger partial charge on any atom is 0.0417 e. The molecule has 0 heterocycles. The maximum absolute atomic E-state index is 10.5. The third-order valence-corrected chi connectivity index (χ3v) is 2.97. The predicted molar refractivity (Wildman–Crippen MR) is 66.4 cm³/mol. The standard InChI is InChI=1S/C15H18O6/c16-13(17)4-1-10-7-11(2-5-14(18)19)9-12(8-10)3-6-15(20)21/h7-9H,1-6H2,(H,16,17)(H,18,19)(H,20,21)/p-3. The van der Waals surface area contributed by atoms with Gasteiger partial charge in [0.05, 0.1) is 0 Å². The van der Waals surface area contributed by atoms with Crippen LogP contribution in [0.1, 0.15) is 36.0 Å². The summed E-state index contributed by atoms with van der Waals surface area (Å²) in [6, 6.07) is 5.15. The van der Waals surface area contributed by atoms with Gasteiger partial charge in [0, 0.05) is 17.9 Å². The average molecular weight is 291 g/mol. The molecule has 0 fully saturated rings. The lowest BCUT2D eigenvalue weighted by Crippen LogP contribution is -2.23. The van der Waals surface area contributed by atoms with Crippen molar-refractivity contribution in [1.82, 2.24) is 0 Å². The van der Waals surface area contributed by atoms with Crippen LogP contribution in [0.5, 0.6) is 0 Å². The Balaban J connectivity index is 2.86. The van der Waals surface area contributed by atoms with Crippen molar-refractivity contribution >= 4 is 17.9 Å². The third kappa shape index (κ3) is 7.10. The summed E-state index contributed by atoms with van der Waals surface area (Å²) in [4.78, 5) is 31.5. The van der Waals surface area contributed by atoms with E-state index in [0.717, 1.165) is 0 Å². The van der Waals surface area contributed by atoms with Crippen LogP contribution in [0.3, 0.4) is 0 Å². The van der Waals surface area contributed by atoms with Crippen LogP contribution < -0.4 is 15.3 Å². The zero-order valence-electron chi connectivity index (χ0n) is 11.4. The Bertz CT molecular complexity index is 446. The second kappa shape index (κ2) is 8.04. The van der Waals surface area contributed by atoms with Gasteiger partial charge in [-0.2, -0.15) is 0 Å². The van der Waals surface area contributed by atoms with E-state index in [1.807, 2.05) is 0 Å². The van der Waals surface area contributed by atoms with Crippen molar-refractivity contribution in [2.24, 2.45) is 0 Å². The largest absolute Gasteiger partial charge is 0.550 e. The van der Waals surface area contributed by atoms with Gasteiger partial charge in [-0.05, 0) is 55.2 Å². The number of rotatable bonds is 9. The molecule has 114 valence electrons. The van der Waals surface area contributed by atoms with Crippen molar-refractivity contribution in [3.05, 3.63) is 34.9 Å². The first-order chi connectivity index (χ1) is 9.86. The molecule has 0 atom stereocenters. The first-order valence-corrected chi connectivity index (χ1v) is 6.58. The van der Waals surface area contributed by atoms with Crippen molar-refractivity contribution < 1.29 is 29.7 Å². The molecule has 0 saturated heterocycles. The zero-order chi connectivity index (χ0) is 15.8. The molecule has 0 amide bonds. The number of carbonyl (C=O) groups excluding carboxylic acids is 3. The summed E-state index contributed by atoms with van der Waals surface area (Å²) in [5.74, 6) is -3.52. The Morgan fingerprint density at radius 1 is 0.619 bits per heavy atom. The molecule has 0 radical (unpaired) electrons. The molecule has 1 aromatic carbocycles. The highest BCUT2D eigenvalue weighted by molar-refractivity contribution is 5.66. The molecule has 1 rings (SSSR count). The van der Waals surface area contributed by atoms with Crippen molar-refractivity contribution in [3.63, 3.8) is 0 Å². The second-order valence-electron chi connectivity index (χ2n) is 4.77. The molecule has 0 N–H and O–H groups in total. The number of benzene rings is 1. The molecule has 0 unspecified atom stereocenters. The number of carboxylic acids is 3. The van der Waals surface area contributed by atoms with Crippen LogP contribution in [-0.4, -0.2) is 17.9 Å². The molecule has 0 aromatic heterocycles. The molecule has 0 aliphatic rings. The van der Waals surface area contributed by atoms with Crippen LogP contribution in [0.2, 0.25) is 0 Å². The fraction of sp³-hybridized carbons (Fsp3) is 0.400. The minimum absolute atomic E-state index is 0.149. The quantitative estimate of drug-likeness (QED) is 0.506. The first-order valence-electron chi connectivity index (χ1n) is 6.58. The highest BCUT2D eigenvalue weighted by atomic mass is 16.4. The molecule has 0 spiro atoms. The topological polar surface area (TPSA) is 120 Å². The Labute approximate surface area is 122 Å². The highest BCUT2D eigenvalue weighted by Crippen LogP contribution is 2.15. The van der Waals surface area contributed by atoms with E-state index in [0.29, 0.717) is 16.7 Å². The molecule has 1 aromatic rings. The van der Waals surface area contributed by atoms with Crippen molar-refractivity contribution in [2.75, 3.05) is 0 Å². The van der Waals surface area contributed by atoms with E-state index in [4.69, 9.17) is 0 Å². The predicted octanol–water partition coefficient (Wildman–Crippen LogP) is -2.27. The molecule has 6 heteroatoms. The summed E-state index contributed by atoms with van der Waals surface area (Å²) in [6.07, 6.45) is 0.303. The molecular weight excluding hydrogens is 276 g/mol. The minimum atomic E-state index is -1.17. The minimum Gasteiger partial charge on any atom is -0.550 e. The van der Waals surface area contributed by atoms with Crippen LogP contribution in [-0.2, 0) is 33.6 Å². The van der Waals surface area contributed by atoms with Gasteiger partial charge in [-0.3, -0.25) is 0 Å². The van der Waals surface area contributed by atoms with Crippen molar-refractivity contribution in [1.29, 1.82) is 0 Å². The fourth-order valence-electron chi connectivity index (χ4n) is 2.01. The molecule has 0 aliphatic carbocycles. The van der Waals surface area contributed by atoms with E-state index in [2.05, 4.69) is 0 Å². The van der Waals surface area contributed by atoms with Gasteiger partial charge < -0.3 is 29.7 Å². The van der Waals surface area contributed by atoms with Gasteiger partial charge >= 0.3 is 0 Å². The summed E-state index contributed by atoms with van der Waals surface area (Å²) in [5, 5.41) is 31.5. The van der Waals surface area contributed by atoms with E-state index in [1.165, 1.54) is 0 Å². The Hall–Kier alpha value is -2.37. The number of aliphatic carboxylic acids is 3.